The zero-order valence-corrected chi connectivity index (χ0v) is 12.2. The molecule has 8 heteroatoms. The van der Waals surface area contributed by atoms with Gasteiger partial charge in [-0.05, 0) is 40.5 Å². The van der Waals surface area contributed by atoms with Gasteiger partial charge < -0.3 is 10.5 Å². The molecule has 0 radical (unpaired) electrons. The molecule has 1 aromatic rings. The second-order valence-electron chi connectivity index (χ2n) is 3.49. The van der Waals surface area contributed by atoms with Crippen molar-refractivity contribution >= 4 is 34.3 Å². The molecule has 2 N–H and O–H groups in total. The molecule has 19 heavy (non-hydrogen) atoms. The predicted octanol–water partition coefficient (Wildman–Crippen LogP) is 3.21. The van der Waals surface area contributed by atoms with Gasteiger partial charge in [0.2, 0.25) is 0 Å². The summed E-state index contributed by atoms with van der Waals surface area (Å²) in [4.78, 5) is 11.1. The summed E-state index contributed by atoms with van der Waals surface area (Å²) in [5.41, 5.74) is 5.26. The van der Waals surface area contributed by atoms with E-state index in [1.807, 2.05) is 0 Å². The van der Waals surface area contributed by atoms with Crippen LogP contribution in [-0.4, -0.2) is 18.5 Å². The molecule has 1 atom stereocenters. The molecule has 0 saturated heterocycles. The Morgan fingerprint density at radius 1 is 1.53 bits per heavy atom. The van der Waals surface area contributed by atoms with Crippen LogP contribution in [0.25, 0.3) is 0 Å². The fourth-order valence-corrected chi connectivity index (χ4v) is 1.67. The van der Waals surface area contributed by atoms with Crippen molar-refractivity contribution in [2.45, 2.75) is 18.9 Å². The molecule has 0 fully saturated rings. The smallest absolute Gasteiger partial charge is 0.379 e. The molecule has 0 aliphatic rings. The standard InChI is InChI=1S/C11H11BrF3NO2.ClH/c1-2-18-10(17)11(14,15)9(16)6-3-4-8(13)7(12)5-6;/h3-5,9H,2,16H2,1H3;1H/t9-;/m1./s1. The van der Waals surface area contributed by atoms with E-state index in [-0.39, 0.29) is 29.1 Å². The van der Waals surface area contributed by atoms with E-state index in [1.54, 1.807) is 0 Å². The molecule has 0 spiro atoms. The number of halogens is 5. The van der Waals surface area contributed by atoms with Crippen molar-refractivity contribution < 1.29 is 22.7 Å². The maximum Gasteiger partial charge on any atom is 0.379 e. The van der Waals surface area contributed by atoms with E-state index in [0.29, 0.717) is 0 Å². The van der Waals surface area contributed by atoms with Crippen LogP contribution in [-0.2, 0) is 9.53 Å². The second-order valence-corrected chi connectivity index (χ2v) is 4.35. The lowest BCUT2D eigenvalue weighted by Crippen LogP contribution is -2.41. The number of carbonyl (C=O) groups excluding carboxylic acids is 1. The van der Waals surface area contributed by atoms with Gasteiger partial charge in [-0.2, -0.15) is 8.78 Å². The summed E-state index contributed by atoms with van der Waals surface area (Å²) in [6.07, 6.45) is 0. The fourth-order valence-electron chi connectivity index (χ4n) is 1.27. The number of ether oxygens (including phenoxy) is 1. The van der Waals surface area contributed by atoms with E-state index in [0.717, 1.165) is 18.2 Å². The van der Waals surface area contributed by atoms with Gasteiger partial charge in [0.15, 0.2) is 0 Å². The highest BCUT2D eigenvalue weighted by Crippen LogP contribution is 2.32. The third-order valence-corrected chi connectivity index (χ3v) is 2.85. The van der Waals surface area contributed by atoms with Crippen molar-refractivity contribution in [1.29, 1.82) is 0 Å². The number of hydrogen-bond donors (Lipinski definition) is 1. The normalized spacial score (nSPS) is 12.5. The molecule has 0 aromatic heterocycles. The Bertz CT molecular complexity index is 460. The van der Waals surface area contributed by atoms with Crippen LogP contribution in [0.4, 0.5) is 13.2 Å². The van der Waals surface area contributed by atoms with Gasteiger partial charge in [0, 0.05) is 0 Å². The first kappa shape index (κ1) is 18.2. The highest BCUT2D eigenvalue weighted by molar-refractivity contribution is 9.10. The molecular formula is C11H12BrClF3NO2. The van der Waals surface area contributed by atoms with Gasteiger partial charge in [-0.15, -0.1) is 12.4 Å². The van der Waals surface area contributed by atoms with Gasteiger partial charge in [-0.1, -0.05) is 6.07 Å². The predicted molar refractivity (Wildman–Crippen MR) is 69.9 cm³/mol. The van der Waals surface area contributed by atoms with Crippen LogP contribution < -0.4 is 5.73 Å². The van der Waals surface area contributed by atoms with Crippen LogP contribution in [0.5, 0.6) is 0 Å². The molecular weight excluding hydrogens is 350 g/mol. The van der Waals surface area contributed by atoms with Gasteiger partial charge in [0.05, 0.1) is 11.1 Å². The number of alkyl halides is 2. The highest BCUT2D eigenvalue weighted by Gasteiger charge is 2.47. The molecule has 3 nitrogen and oxygen atoms in total. The van der Waals surface area contributed by atoms with Gasteiger partial charge in [0.25, 0.3) is 0 Å². The molecule has 0 aliphatic carbocycles. The maximum atomic E-state index is 13.6. The molecule has 0 bridgehead atoms. The minimum absolute atomic E-state index is 0. The van der Waals surface area contributed by atoms with E-state index >= 15 is 0 Å². The van der Waals surface area contributed by atoms with Crippen LogP contribution in [0.2, 0.25) is 0 Å². The number of rotatable bonds is 4. The van der Waals surface area contributed by atoms with Crippen LogP contribution in [0.3, 0.4) is 0 Å². The first-order valence-corrected chi connectivity index (χ1v) is 5.85. The summed E-state index contributed by atoms with van der Waals surface area (Å²) in [6.45, 7) is 1.24. The Labute approximate surface area is 122 Å². The maximum absolute atomic E-state index is 13.6. The molecule has 0 aliphatic heterocycles. The zero-order chi connectivity index (χ0) is 13.9. The summed E-state index contributed by atoms with van der Waals surface area (Å²) in [5, 5.41) is 0. The van der Waals surface area contributed by atoms with Gasteiger partial charge in [-0.3, -0.25) is 0 Å². The van der Waals surface area contributed by atoms with Crippen molar-refractivity contribution in [3.8, 4) is 0 Å². The van der Waals surface area contributed by atoms with Crippen molar-refractivity contribution in [3.63, 3.8) is 0 Å². The Morgan fingerprint density at radius 2 is 2.11 bits per heavy atom. The zero-order valence-electron chi connectivity index (χ0n) is 9.83. The lowest BCUT2D eigenvalue weighted by atomic mass is 10.0. The number of nitrogens with two attached hydrogens (primary N) is 1. The van der Waals surface area contributed by atoms with Gasteiger partial charge in [0.1, 0.15) is 11.9 Å². The quantitative estimate of drug-likeness (QED) is 0.837. The van der Waals surface area contributed by atoms with Crippen molar-refractivity contribution in [1.82, 2.24) is 0 Å². The lowest BCUT2D eigenvalue weighted by Gasteiger charge is -2.22. The molecule has 0 unspecified atom stereocenters. The van der Waals surface area contributed by atoms with E-state index in [1.165, 1.54) is 6.92 Å². The van der Waals surface area contributed by atoms with Crippen molar-refractivity contribution in [3.05, 3.63) is 34.1 Å². The highest BCUT2D eigenvalue weighted by atomic mass is 79.9. The second kappa shape index (κ2) is 7.12. The average molecular weight is 363 g/mol. The minimum Gasteiger partial charge on any atom is -0.462 e. The van der Waals surface area contributed by atoms with Gasteiger partial charge in [-0.25, -0.2) is 9.18 Å². The van der Waals surface area contributed by atoms with Crippen LogP contribution in [0.15, 0.2) is 22.7 Å². The number of carbonyl (C=O) groups is 1. The first-order chi connectivity index (χ1) is 8.30. The molecule has 0 amide bonds. The first-order valence-electron chi connectivity index (χ1n) is 5.06. The summed E-state index contributed by atoms with van der Waals surface area (Å²) >= 11 is 2.86. The van der Waals surface area contributed by atoms with Crippen LogP contribution >= 0.6 is 28.3 Å². The number of hydrogen-bond acceptors (Lipinski definition) is 3. The van der Waals surface area contributed by atoms with Crippen molar-refractivity contribution in [2.75, 3.05) is 6.61 Å². The van der Waals surface area contributed by atoms with Crippen LogP contribution in [0, 0.1) is 5.82 Å². The SMILES string of the molecule is CCOC(=O)C(F)(F)[C@H](N)c1ccc(F)c(Br)c1.Cl. The Hall–Kier alpha value is -0.790. The van der Waals surface area contributed by atoms with E-state index in [4.69, 9.17) is 5.73 Å². The van der Waals surface area contributed by atoms with Crippen LogP contribution in [0.1, 0.15) is 18.5 Å². The van der Waals surface area contributed by atoms with E-state index in [9.17, 15) is 18.0 Å². The largest absolute Gasteiger partial charge is 0.462 e. The Kier molecular flexibility index (Phi) is 6.82. The van der Waals surface area contributed by atoms with Gasteiger partial charge >= 0.3 is 11.9 Å². The molecule has 108 valence electrons. The summed E-state index contributed by atoms with van der Waals surface area (Å²) in [5.74, 6) is -6.17. The summed E-state index contributed by atoms with van der Waals surface area (Å²) in [6, 6.07) is 1.29. The third-order valence-electron chi connectivity index (χ3n) is 2.24. The Balaban J connectivity index is 0.00000324. The van der Waals surface area contributed by atoms with Crippen molar-refractivity contribution in [2.24, 2.45) is 5.73 Å². The third kappa shape index (κ3) is 4.09. The summed E-state index contributed by atoms with van der Waals surface area (Å²) in [7, 11) is 0. The Morgan fingerprint density at radius 3 is 2.58 bits per heavy atom. The molecule has 1 rings (SSSR count). The number of esters is 1. The lowest BCUT2D eigenvalue weighted by molar-refractivity contribution is -0.174. The monoisotopic (exact) mass is 361 g/mol. The number of benzene rings is 1. The molecule has 0 saturated carbocycles. The molecule has 1 aromatic carbocycles. The average Bonchev–Trinajstić information content (AvgIpc) is 2.32. The fraction of sp³-hybridized carbons (Fsp3) is 0.364. The van der Waals surface area contributed by atoms with E-state index < -0.39 is 23.8 Å². The van der Waals surface area contributed by atoms with E-state index in [2.05, 4.69) is 20.7 Å². The summed E-state index contributed by atoms with van der Waals surface area (Å²) < 4.78 is 44.4. The topological polar surface area (TPSA) is 52.3 Å². The minimum atomic E-state index is -3.87. The molecule has 0 heterocycles.